The zero-order valence-electron chi connectivity index (χ0n) is 18.8. The van der Waals surface area contributed by atoms with Crippen molar-refractivity contribution in [2.24, 2.45) is 0 Å². The fourth-order valence-electron chi connectivity index (χ4n) is 3.93. The third-order valence-electron chi connectivity index (χ3n) is 5.62. The fraction of sp³-hybridized carbons (Fsp3) is 0.520. The van der Waals surface area contributed by atoms with Crippen LogP contribution in [0.3, 0.4) is 0 Å². The first-order valence-corrected chi connectivity index (χ1v) is 12.4. The van der Waals surface area contributed by atoms with Crippen molar-refractivity contribution in [2.75, 3.05) is 39.6 Å². The number of nitrogens with zero attached hydrogens (tertiary/aromatic N) is 1. The summed E-state index contributed by atoms with van der Waals surface area (Å²) in [5.74, 6) is 1.37. The smallest absolute Gasteiger partial charge is 0.161 e. The summed E-state index contributed by atoms with van der Waals surface area (Å²) in [5, 5.41) is 13.9. The van der Waals surface area contributed by atoms with Crippen LogP contribution in [0.5, 0.6) is 11.5 Å². The molecule has 5 nitrogen and oxygen atoms in total. The van der Waals surface area contributed by atoms with Crippen molar-refractivity contribution in [3.63, 3.8) is 0 Å². The van der Waals surface area contributed by atoms with Crippen LogP contribution in [0.15, 0.2) is 47.4 Å². The molecule has 2 N–H and O–H groups in total. The van der Waals surface area contributed by atoms with E-state index in [2.05, 4.69) is 40.7 Å². The van der Waals surface area contributed by atoms with Gasteiger partial charge >= 0.3 is 0 Å². The second kappa shape index (κ2) is 13.0. The molecule has 0 aromatic heterocycles. The van der Waals surface area contributed by atoms with Gasteiger partial charge in [0, 0.05) is 24.5 Å². The van der Waals surface area contributed by atoms with Gasteiger partial charge in [-0.05, 0) is 67.6 Å². The van der Waals surface area contributed by atoms with Gasteiger partial charge in [0.05, 0.1) is 7.11 Å². The zero-order chi connectivity index (χ0) is 21.9. The second-order valence-corrected chi connectivity index (χ2v) is 9.00. The Morgan fingerprint density at radius 3 is 2.45 bits per heavy atom. The van der Waals surface area contributed by atoms with Gasteiger partial charge in [0.2, 0.25) is 0 Å². The van der Waals surface area contributed by atoms with Crippen LogP contribution in [0.1, 0.15) is 36.8 Å². The summed E-state index contributed by atoms with van der Waals surface area (Å²) in [6.07, 6.45) is 6.63. The molecule has 0 bridgehead atoms. The van der Waals surface area contributed by atoms with Crippen LogP contribution in [-0.4, -0.2) is 55.7 Å². The number of hydrogen-bond acceptors (Lipinski definition) is 6. The van der Waals surface area contributed by atoms with Gasteiger partial charge in [-0.25, -0.2) is 0 Å². The summed E-state index contributed by atoms with van der Waals surface area (Å²) in [4.78, 5) is 3.63. The SMILES string of the molecule is COc1cc(CNCc2cccc(SC)c2)ccc1OCC(O)CN1CCCCCC1. The molecule has 0 saturated carbocycles. The first-order valence-electron chi connectivity index (χ1n) is 11.2. The first kappa shape index (κ1) is 23.9. The largest absolute Gasteiger partial charge is 0.493 e. The highest BCUT2D eigenvalue weighted by atomic mass is 32.2. The Kier molecular flexibility index (Phi) is 10.0. The van der Waals surface area contributed by atoms with Crippen molar-refractivity contribution in [3.8, 4) is 11.5 Å². The number of benzene rings is 2. The Balaban J connectivity index is 1.47. The Morgan fingerprint density at radius 2 is 1.74 bits per heavy atom. The van der Waals surface area contributed by atoms with Crippen molar-refractivity contribution in [3.05, 3.63) is 53.6 Å². The Hall–Kier alpha value is -1.73. The quantitative estimate of drug-likeness (QED) is 0.504. The van der Waals surface area contributed by atoms with E-state index < -0.39 is 6.10 Å². The van der Waals surface area contributed by atoms with Crippen LogP contribution in [0.2, 0.25) is 0 Å². The molecule has 1 aliphatic heterocycles. The molecular weight excluding hydrogens is 408 g/mol. The predicted octanol–water partition coefficient (Wildman–Crippen LogP) is 4.32. The Labute approximate surface area is 191 Å². The van der Waals surface area contributed by atoms with Crippen LogP contribution in [0, 0.1) is 0 Å². The summed E-state index contributed by atoms with van der Waals surface area (Å²) >= 11 is 1.76. The number of hydrogen-bond donors (Lipinski definition) is 2. The topological polar surface area (TPSA) is 54.0 Å². The lowest BCUT2D eigenvalue weighted by Crippen LogP contribution is -2.36. The number of thioether (sulfide) groups is 1. The molecule has 6 heteroatoms. The molecule has 1 unspecified atom stereocenters. The van der Waals surface area contributed by atoms with Gasteiger partial charge in [-0.1, -0.05) is 31.0 Å². The molecule has 1 saturated heterocycles. The van der Waals surface area contributed by atoms with Gasteiger partial charge in [0.15, 0.2) is 11.5 Å². The molecule has 1 atom stereocenters. The van der Waals surface area contributed by atoms with Crippen molar-refractivity contribution in [1.82, 2.24) is 10.2 Å². The summed E-state index contributed by atoms with van der Waals surface area (Å²) in [6, 6.07) is 14.6. The average Bonchev–Trinajstić information content (AvgIpc) is 3.06. The van der Waals surface area contributed by atoms with Gasteiger partial charge in [0.25, 0.3) is 0 Å². The summed E-state index contributed by atoms with van der Waals surface area (Å²) in [6.45, 7) is 4.65. The predicted molar refractivity (Wildman–Crippen MR) is 128 cm³/mol. The van der Waals surface area contributed by atoms with E-state index in [-0.39, 0.29) is 6.61 Å². The van der Waals surface area contributed by atoms with Crippen LogP contribution in [0.4, 0.5) is 0 Å². The molecule has 1 aliphatic rings. The molecule has 0 amide bonds. The average molecular weight is 445 g/mol. The van der Waals surface area contributed by atoms with E-state index in [9.17, 15) is 5.11 Å². The lowest BCUT2D eigenvalue weighted by atomic mass is 10.2. The maximum absolute atomic E-state index is 10.4. The highest BCUT2D eigenvalue weighted by Crippen LogP contribution is 2.28. The minimum absolute atomic E-state index is 0.274. The number of aliphatic hydroxyl groups is 1. The number of rotatable bonds is 11. The molecule has 2 aromatic rings. The minimum Gasteiger partial charge on any atom is -0.493 e. The van der Waals surface area contributed by atoms with E-state index in [1.165, 1.54) is 36.1 Å². The van der Waals surface area contributed by atoms with Crippen molar-refractivity contribution < 1.29 is 14.6 Å². The molecule has 2 aromatic carbocycles. The molecule has 0 spiro atoms. The number of nitrogens with one attached hydrogen (secondary N) is 1. The number of methoxy groups -OCH3 is 1. The van der Waals surface area contributed by atoms with Crippen LogP contribution >= 0.6 is 11.8 Å². The zero-order valence-corrected chi connectivity index (χ0v) is 19.6. The van der Waals surface area contributed by atoms with Gasteiger partial charge in [-0.15, -0.1) is 11.8 Å². The fourth-order valence-corrected chi connectivity index (χ4v) is 4.41. The van der Waals surface area contributed by atoms with Gasteiger partial charge in [0.1, 0.15) is 12.7 Å². The Morgan fingerprint density at radius 1 is 1.00 bits per heavy atom. The van der Waals surface area contributed by atoms with Crippen LogP contribution < -0.4 is 14.8 Å². The molecular formula is C25H36N2O3S. The van der Waals surface area contributed by atoms with Gasteiger partial charge in [-0.2, -0.15) is 0 Å². The number of aliphatic hydroxyl groups excluding tert-OH is 1. The maximum Gasteiger partial charge on any atom is 0.161 e. The van der Waals surface area contributed by atoms with Gasteiger partial charge in [-0.3, -0.25) is 0 Å². The third kappa shape index (κ3) is 8.04. The van der Waals surface area contributed by atoms with Crippen LogP contribution in [-0.2, 0) is 13.1 Å². The molecule has 1 fully saturated rings. The van der Waals surface area contributed by atoms with E-state index in [4.69, 9.17) is 9.47 Å². The van der Waals surface area contributed by atoms with Crippen molar-refractivity contribution >= 4 is 11.8 Å². The Bertz CT molecular complexity index is 794. The second-order valence-electron chi connectivity index (χ2n) is 8.12. The lowest BCUT2D eigenvalue weighted by Gasteiger charge is -2.23. The molecule has 170 valence electrons. The van der Waals surface area contributed by atoms with E-state index in [0.717, 1.165) is 31.7 Å². The number of likely N-dealkylation sites (tertiary alicyclic amines) is 1. The normalized spacial score (nSPS) is 16.0. The monoisotopic (exact) mass is 444 g/mol. The first-order chi connectivity index (χ1) is 15.2. The maximum atomic E-state index is 10.4. The highest BCUT2D eigenvalue weighted by molar-refractivity contribution is 7.98. The standard InChI is InChI=1S/C25H36N2O3S/c1-29-25-15-21(17-26-16-20-8-7-9-23(14-20)31-2)10-11-24(25)30-19-22(28)18-27-12-5-3-4-6-13-27/h7-11,14-15,22,26,28H,3-6,12-13,16-19H2,1-2H3. The summed E-state index contributed by atoms with van der Waals surface area (Å²) < 4.78 is 11.4. The van der Waals surface area contributed by atoms with E-state index in [0.29, 0.717) is 18.0 Å². The van der Waals surface area contributed by atoms with Crippen molar-refractivity contribution in [2.45, 2.75) is 49.8 Å². The molecule has 3 rings (SSSR count). The number of ether oxygens (including phenoxy) is 2. The molecule has 31 heavy (non-hydrogen) atoms. The molecule has 1 heterocycles. The van der Waals surface area contributed by atoms with Crippen LogP contribution in [0.25, 0.3) is 0 Å². The lowest BCUT2D eigenvalue weighted by molar-refractivity contribution is 0.0683. The third-order valence-corrected chi connectivity index (χ3v) is 6.34. The van der Waals surface area contributed by atoms with E-state index >= 15 is 0 Å². The van der Waals surface area contributed by atoms with E-state index in [1.54, 1.807) is 18.9 Å². The van der Waals surface area contributed by atoms with E-state index in [1.807, 2.05) is 18.2 Å². The number of β-amino-alcohol motifs (C(OH)–C–C–N with tert-alkyl or cyclic N) is 1. The highest BCUT2D eigenvalue weighted by Gasteiger charge is 2.15. The summed E-state index contributed by atoms with van der Waals surface area (Å²) in [7, 11) is 1.65. The molecule has 0 radical (unpaired) electrons. The minimum atomic E-state index is -0.499. The molecule has 0 aliphatic carbocycles. The van der Waals surface area contributed by atoms with Gasteiger partial charge < -0.3 is 24.8 Å². The summed E-state index contributed by atoms with van der Waals surface area (Å²) in [5.41, 5.74) is 2.41. The van der Waals surface area contributed by atoms with Crippen molar-refractivity contribution in [1.29, 1.82) is 0 Å².